The van der Waals surface area contributed by atoms with E-state index in [9.17, 15) is 9.59 Å². The van der Waals surface area contributed by atoms with Crippen LogP contribution in [0.25, 0.3) is 5.70 Å². The van der Waals surface area contributed by atoms with Gasteiger partial charge in [-0.3, -0.25) is 4.79 Å². The van der Waals surface area contributed by atoms with Crippen molar-refractivity contribution in [2.45, 2.75) is 19.8 Å². The van der Waals surface area contributed by atoms with Crippen LogP contribution in [0.5, 0.6) is 5.75 Å². The molecule has 1 atom stereocenters. The standard InChI is InChI=1S/C24H23NO4/c1-5-29-24(27)19-14(2)25(3)22-17-8-6-7-9-18(17)23(26)21(22)20(19)15-10-12-16(28-4)13-11-15/h6-13,20H,5H2,1-4H3. The van der Waals surface area contributed by atoms with Crippen LogP contribution in [-0.2, 0) is 9.53 Å². The molecular formula is C24H23NO4. The van der Waals surface area contributed by atoms with Gasteiger partial charge < -0.3 is 14.4 Å². The van der Waals surface area contributed by atoms with Crippen LogP contribution < -0.4 is 4.74 Å². The van der Waals surface area contributed by atoms with E-state index >= 15 is 0 Å². The molecule has 29 heavy (non-hydrogen) atoms. The van der Waals surface area contributed by atoms with Gasteiger partial charge >= 0.3 is 5.97 Å². The van der Waals surface area contributed by atoms with Gasteiger partial charge in [-0.2, -0.15) is 0 Å². The van der Waals surface area contributed by atoms with Crippen molar-refractivity contribution < 1.29 is 19.1 Å². The van der Waals surface area contributed by atoms with E-state index in [0.29, 0.717) is 16.7 Å². The van der Waals surface area contributed by atoms with E-state index in [-0.39, 0.29) is 12.4 Å². The molecule has 5 nitrogen and oxygen atoms in total. The molecule has 2 aromatic rings. The molecule has 0 aromatic heterocycles. The van der Waals surface area contributed by atoms with E-state index in [0.717, 1.165) is 28.3 Å². The molecule has 0 amide bonds. The van der Waals surface area contributed by atoms with Crippen LogP contribution in [0.15, 0.2) is 65.4 Å². The normalized spacial score (nSPS) is 18.0. The summed E-state index contributed by atoms with van der Waals surface area (Å²) in [7, 11) is 3.50. The summed E-state index contributed by atoms with van der Waals surface area (Å²) >= 11 is 0. The van der Waals surface area contributed by atoms with Crippen LogP contribution in [0.2, 0.25) is 0 Å². The van der Waals surface area contributed by atoms with E-state index < -0.39 is 11.9 Å². The first-order chi connectivity index (χ1) is 14.0. The Hall–Kier alpha value is -3.34. The predicted octanol–water partition coefficient (Wildman–Crippen LogP) is 4.17. The van der Waals surface area contributed by atoms with Gasteiger partial charge in [0, 0.05) is 35.4 Å². The molecule has 0 bridgehead atoms. The fourth-order valence-corrected chi connectivity index (χ4v) is 4.22. The molecule has 0 radical (unpaired) electrons. The number of rotatable bonds is 4. The van der Waals surface area contributed by atoms with Crippen molar-refractivity contribution in [3.63, 3.8) is 0 Å². The summed E-state index contributed by atoms with van der Waals surface area (Å²) in [6, 6.07) is 15.1. The van der Waals surface area contributed by atoms with Gasteiger partial charge in [-0.05, 0) is 31.5 Å². The molecule has 0 spiro atoms. The highest BCUT2D eigenvalue weighted by atomic mass is 16.5. The summed E-state index contributed by atoms with van der Waals surface area (Å²) in [6.07, 6.45) is 0. The van der Waals surface area contributed by atoms with Crippen molar-refractivity contribution >= 4 is 17.4 Å². The minimum absolute atomic E-state index is 0.0439. The smallest absolute Gasteiger partial charge is 0.336 e. The Morgan fingerprint density at radius 2 is 1.72 bits per heavy atom. The number of carbonyl (C=O) groups is 2. The first-order valence-corrected chi connectivity index (χ1v) is 9.63. The minimum Gasteiger partial charge on any atom is -0.497 e. The number of ketones is 1. The molecule has 4 rings (SSSR count). The highest BCUT2D eigenvalue weighted by molar-refractivity contribution is 6.23. The van der Waals surface area contributed by atoms with Crippen molar-refractivity contribution in [2.75, 3.05) is 20.8 Å². The van der Waals surface area contributed by atoms with E-state index in [1.807, 2.05) is 67.4 Å². The van der Waals surface area contributed by atoms with Gasteiger partial charge in [-0.1, -0.05) is 36.4 Å². The van der Waals surface area contributed by atoms with E-state index in [1.54, 1.807) is 14.0 Å². The number of ether oxygens (including phenoxy) is 2. The van der Waals surface area contributed by atoms with E-state index in [4.69, 9.17) is 9.47 Å². The van der Waals surface area contributed by atoms with E-state index in [1.165, 1.54) is 0 Å². The molecule has 2 aliphatic rings. The Kier molecular flexibility index (Phi) is 4.74. The first kappa shape index (κ1) is 19.0. The zero-order valence-corrected chi connectivity index (χ0v) is 17.0. The second-order valence-corrected chi connectivity index (χ2v) is 7.12. The summed E-state index contributed by atoms with van der Waals surface area (Å²) in [6.45, 7) is 3.96. The Labute approximate surface area is 170 Å². The lowest BCUT2D eigenvalue weighted by atomic mass is 9.79. The lowest BCUT2D eigenvalue weighted by molar-refractivity contribution is -0.138. The molecule has 0 saturated heterocycles. The number of methoxy groups -OCH3 is 1. The van der Waals surface area contributed by atoms with Gasteiger partial charge in [0.25, 0.3) is 0 Å². The number of allylic oxidation sites excluding steroid dienone is 2. The van der Waals surface area contributed by atoms with Crippen molar-refractivity contribution in [3.05, 3.63) is 82.1 Å². The number of benzene rings is 2. The fraction of sp³-hybridized carbons (Fsp3) is 0.250. The van der Waals surface area contributed by atoms with Gasteiger partial charge in [-0.25, -0.2) is 4.79 Å². The van der Waals surface area contributed by atoms with Gasteiger partial charge in [0.05, 0.1) is 25.0 Å². The quantitative estimate of drug-likeness (QED) is 0.735. The van der Waals surface area contributed by atoms with Crippen molar-refractivity contribution in [2.24, 2.45) is 0 Å². The number of esters is 1. The third kappa shape index (κ3) is 2.85. The number of carbonyl (C=O) groups excluding carboxylic acids is 2. The predicted molar refractivity (Wildman–Crippen MR) is 111 cm³/mol. The van der Waals surface area contributed by atoms with Crippen LogP contribution in [0.3, 0.4) is 0 Å². The zero-order valence-electron chi connectivity index (χ0n) is 17.0. The first-order valence-electron chi connectivity index (χ1n) is 9.63. The molecule has 2 aromatic carbocycles. The number of hydrogen-bond donors (Lipinski definition) is 0. The molecule has 0 saturated carbocycles. The number of nitrogens with zero attached hydrogens (tertiary/aromatic N) is 1. The Bertz CT molecular complexity index is 1060. The number of hydrogen-bond acceptors (Lipinski definition) is 5. The van der Waals surface area contributed by atoms with Gasteiger partial charge in [0.1, 0.15) is 5.75 Å². The van der Waals surface area contributed by atoms with Crippen molar-refractivity contribution in [1.29, 1.82) is 0 Å². The van der Waals surface area contributed by atoms with E-state index in [2.05, 4.69) is 0 Å². The van der Waals surface area contributed by atoms with Gasteiger partial charge in [0.2, 0.25) is 0 Å². The Morgan fingerprint density at radius 3 is 2.34 bits per heavy atom. The maximum atomic E-state index is 13.4. The molecule has 5 heteroatoms. The van der Waals surface area contributed by atoms with Crippen molar-refractivity contribution in [3.8, 4) is 5.75 Å². The molecule has 0 fully saturated rings. The van der Waals surface area contributed by atoms with Gasteiger partial charge in [-0.15, -0.1) is 0 Å². The van der Waals surface area contributed by atoms with Crippen LogP contribution in [0, 0.1) is 0 Å². The summed E-state index contributed by atoms with van der Waals surface area (Å²) in [5.74, 6) is -0.216. The van der Waals surface area contributed by atoms with Crippen LogP contribution in [0.1, 0.15) is 41.3 Å². The third-order valence-corrected chi connectivity index (χ3v) is 5.68. The SMILES string of the molecule is CCOC(=O)C1=C(C)N(C)C2=C(C(=O)c3ccccc32)C1c1ccc(OC)cc1. The van der Waals surface area contributed by atoms with Crippen LogP contribution in [0.4, 0.5) is 0 Å². The second-order valence-electron chi connectivity index (χ2n) is 7.12. The maximum absolute atomic E-state index is 13.4. The molecule has 1 aliphatic carbocycles. The molecule has 148 valence electrons. The summed E-state index contributed by atoms with van der Waals surface area (Å²) in [5, 5.41) is 0. The largest absolute Gasteiger partial charge is 0.497 e. The summed E-state index contributed by atoms with van der Waals surface area (Å²) in [5.41, 5.74) is 5.18. The maximum Gasteiger partial charge on any atom is 0.336 e. The average Bonchev–Trinajstić information content (AvgIpc) is 3.03. The molecule has 1 heterocycles. The minimum atomic E-state index is -0.494. The molecule has 1 unspecified atom stereocenters. The highest BCUT2D eigenvalue weighted by Gasteiger charge is 2.44. The van der Waals surface area contributed by atoms with Crippen LogP contribution in [-0.4, -0.2) is 37.4 Å². The summed E-state index contributed by atoms with van der Waals surface area (Å²) < 4.78 is 10.7. The topological polar surface area (TPSA) is 55.8 Å². The fourth-order valence-electron chi connectivity index (χ4n) is 4.22. The average molecular weight is 389 g/mol. The van der Waals surface area contributed by atoms with Gasteiger partial charge in [0.15, 0.2) is 5.78 Å². The van der Waals surface area contributed by atoms with Crippen LogP contribution >= 0.6 is 0 Å². The number of Topliss-reactive ketones (excluding diaryl/α,β-unsaturated/α-hetero) is 1. The molecule has 1 aliphatic heterocycles. The highest BCUT2D eigenvalue weighted by Crippen LogP contribution is 2.50. The molecule has 0 N–H and O–H groups in total. The lowest BCUT2D eigenvalue weighted by Gasteiger charge is -2.35. The Morgan fingerprint density at radius 1 is 1.07 bits per heavy atom. The summed E-state index contributed by atoms with van der Waals surface area (Å²) in [4.78, 5) is 28.3. The lowest BCUT2D eigenvalue weighted by Crippen LogP contribution is -2.30. The Balaban J connectivity index is 1.95. The number of fused-ring (bicyclic) bond motifs is 2. The second kappa shape index (κ2) is 7.24. The molecular weight excluding hydrogens is 366 g/mol. The third-order valence-electron chi connectivity index (χ3n) is 5.68. The zero-order chi connectivity index (χ0) is 20.7. The van der Waals surface area contributed by atoms with Crippen molar-refractivity contribution in [1.82, 2.24) is 4.90 Å². The monoisotopic (exact) mass is 389 g/mol.